The van der Waals surface area contributed by atoms with E-state index in [1.54, 1.807) is 6.08 Å². The molecule has 1 aromatic rings. The molecular weight excluding hydrogens is 196 g/mol. The molecule has 0 amide bonds. The minimum Gasteiger partial charge on any atom is -0.299 e. The van der Waals surface area contributed by atoms with Crippen LogP contribution in [-0.4, -0.2) is 6.29 Å². The smallest absolute Gasteiger partial charge is 0.142 e. The molecule has 0 atom stereocenters. The van der Waals surface area contributed by atoms with Crippen LogP contribution in [0, 0.1) is 0 Å². The Labute approximate surface area is 98.2 Å². The van der Waals surface area contributed by atoms with Crippen LogP contribution in [0.4, 0.5) is 0 Å². The normalized spacial score (nSPS) is 15.1. The van der Waals surface area contributed by atoms with E-state index in [9.17, 15) is 4.79 Å². The van der Waals surface area contributed by atoms with Crippen molar-refractivity contribution in [3.8, 4) is 0 Å². The molecule has 1 aliphatic carbocycles. The Kier molecular flexibility index (Phi) is 5.55. The van der Waals surface area contributed by atoms with Crippen LogP contribution in [0.15, 0.2) is 30.3 Å². The van der Waals surface area contributed by atoms with Gasteiger partial charge in [0.25, 0.3) is 0 Å². The summed E-state index contributed by atoms with van der Waals surface area (Å²) in [5.74, 6) is 0.764. The van der Waals surface area contributed by atoms with Crippen LogP contribution in [0.2, 0.25) is 0 Å². The number of rotatable bonds is 3. The van der Waals surface area contributed by atoms with E-state index in [1.807, 2.05) is 26.0 Å². The number of benzene rings is 1. The molecule has 1 fully saturated rings. The van der Waals surface area contributed by atoms with Crippen LogP contribution in [0.25, 0.3) is 6.08 Å². The molecule has 0 N–H and O–H groups in total. The number of allylic oxidation sites excluding steroid dienone is 1. The van der Waals surface area contributed by atoms with Crippen molar-refractivity contribution in [3.05, 3.63) is 41.5 Å². The summed E-state index contributed by atoms with van der Waals surface area (Å²) in [5.41, 5.74) is 2.55. The molecule has 0 aliphatic heterocycles. The molecular formula is C15H20O. The summed E-state index contributed by atoms with van der Waals surface area (Å²) in [6.07, 6.45) is 8.21. The van der Waals surface area contributed by atoms with Crippen LogP contribution >= 0.6 is 0 Å². The Balaban J connectivity index is 0.000000606. The molecule has 1 saturated carbocycles. The van der Waals surface area contributed by atoms with Crippen molar-refractivity contribution in [1.29, 1.82) is 0 Å². The monoisotopic (exact) mass is 216 g/mol. The van der Waals surface area contributed by atoms with E-state index in [0.717, 1.165) is 17.8 Å². The quantitative estimate of drug-likeness (QED) is 0.547. The Bertz CT molecular complexity index is 348. The average Bonchev–Trinajstić information content (AvgIpc) is 2.27. The van der Waals surface area contributed by atoms with Gasteiger partial charge in [0.1, 0.15) is 6.29 Å². The first-order chi connectivity index (χ1) is 7.90. The highest BCUT2D eigenvalue weighted by molar-refractivity contribution is 5.73. The first kappa shape index (κ1) is 12.7. The Hall–Kier alpha value is -1.37. The zero-order chi connectivity index (χ0) is 11.8. The van der Waals surface area contributed by atoms with E-state index in [4.69, 9.17) is 0 Å². The van der Waals surface area contributed by atoms with Gasteiger partial charge in [-0.05, 0) is 36.0 Å². The number of carbonyl (C=O) groups excluding carboxylic acids is 1. The third kappa shape index (κ3) is 3.34. The summed E-state index contributed by atoms with van der Waals surface area (Å²) in [7, 11) is 0. The van der Waals surface area contributed by atoms with Gasteiger partial charge in [-0.3, -0.25) is 4.79 Å². The maximum atomic E-state index is 10.2. The predicted octanol–water partition coefficient (Wildman–Crippen LogP) is 4.19. The third-order valence-electron chi connectivity index (χ3n) is 2.85. The van der Waals surface area contributed by atoms with Crippen molar-refractivity contribution in [3.63, 3.8) is 0 Å². The first-order valence-electron chi connectivity index (χ1n) is 6.12. The van der Waals surface area contributed by atoms with Crippen molar-refractivity contribution in [1.82, 2.24) is 0 Å². The van der Waals surface area contributed by atoms with Gasteiger partial charge in [0.15, 0.2) is 0 Å². The lowest BCUT2D eigenvalue weighted by molar-refractivity contribution is -0.104. The highest BCUT2D eigenvalue weighted by Gasteiger charge is 2.18. The van der Waals surface area contributed by atoms with E-state index >= 15 is 0 Å². The maximum Gasteiger partial charge on any atom is 0.142 e. The van der Waals surface area contributed by atoms with Crippen LogP contribution in [0.5, 0.6) is 0 Å². The van der Waals surface area contributed by atoms with Crippen molar-refractivity contribution < 1.29 is 4.79 Å². The van der Waals surface area contributed by atoms with Gasteiger partial charge in [-0.1, -0.05) is 50.6 Å². The summed E-state index contributed by atoms with van der Waals surface area (Å²) in [6.45, 7) is 4.00. The lowest BCUT2D eigenvalue weighted by atomic mass is 9.80. The largest absolute Gasteiger partial charge is 0.299 e. The molecule has 86 valence electrons. The van der Waals surface area contributed by atoms with E-state index in [2.05, 4.69) is 18.2 Å². The standard InChI is InChI=1S/C13H14O.C2H6/c14-9-3-5-11-4-1-8-13(10-11)12-6-2-7-12;1-2/h1,3-5,8-10,12H,2,6-7H2;1-2H3/b5-3+;. The van der Waals surface area contributed by atoms with Gasteiger partial charge in [0.05, 0.1) is 0 Å². The highest BCUT2D eigenvalue weighted by atomic mass is 16.1. The van der Waals surface area contributed by atoms with Gasteiger partial charge in [-0.15, -0.1) is 0 Å². The summed E-state index contributed by atoms with van der Waals surface area (Å²) in [5, 5.41) is 0. The lowest BCUT2D eigenvalue weighted by Gasteiger charge is -2.25. The predicted molar refractivity (Wildman–Crippen MR) is 69.5 cm³/mol. The second kappa shape index (κ2) is 7.00. The van der Waals surface area contributed by atoms with Crippen molar-refractivity contribution in [2.45, 2.75) is 39.0 Å². The second-order valence-electron chi connectivity index (χ2n) is 3.79. The van der Waals surface area contributed by atoms with Crippen molar-refractivity contribution in [2.75, 3.05) is 0 Å². The van der Waals surface area contributed by atoms with Gasteiger partial charge in [0.2, 0.25) is 0 Å². The van der Waals surface area contributed by atoms with Crippen LogP contribution < -0.4 is 0 Å². The van der Waals surface area contributed by atoms with Gasteiger partial charge >= 0.3 is 0 Å². The Morgan fingerprint density at radius 2 is 2.00 bits per heavy atom. The fourth-order valence-corrected chi connectivity index (χ4v) is 1.81. The molecule has 0 radical (unpaired) electrons. The van der Waals surface area contributed by atoms with Gasteiger partial charge in [0, 0.05) is 0 Å². The number of hydrogen-bond acceptors (Lipinski definition) is 1. The zero-order valence-electron chi connectivity index (χ0n) is 10.1. The van der Waals surface area contributed by atoms with Crippen LogP contribution in [0.3, 0.4) is 0 Å². The van der Waals surface area contributed by atoms with Gasteiger partial charge in [-0.25, -0.2) is 0 Å². The molecule has 2 rings (SSSR count). The zero-order valence-corrected chi connectivity index (χ0v) is 10.1. The molecule has 1 aliphatic rings. The SMILES string of the molecule is CC.O=C/C=C/c1cccc(C2CCC2)c1. The minimum atomic E-state index is 0.764. The van der Waals surface area contributed by atoms with Crippen molar-refractivity contribution >= 4 is 12.4 Å². The molecule has 1 aromatic carbocycles. The van der Waals surface area contributed by atoms with Crippen molar-refractivity contribution in [2.24, 2.45) is 0 Å². The average molecular weight is 216 g/mol. The molecule has 16 heavy (non-hydrogen) atoms. The molecule has 0 unspecified atom stereocenters. The number of hydrogen-bond donors (Lipinski definition) is 0. The molecule has 0 saturated heterocycles. The van der Waals surface area contributed by atoms with Crippen LogP contribution in [-0.2, 0) is 4.79 Å². The summed E-state index contributed by atoms with van der Waals surface area (Å²) in [4.78, 5) is 10.2. The van der Waals surface area contributed by atoms with E-state index in [-0.39, 0.29) is 0 Å². The number of aldehydes is 1. The molecule has 1 nitrogen and oxygen atoms in total. The topological polar surface area (TPSA) is 17.1 Å². The molecule has 0 bridgehead atoms. The summed E-state index contributed by atoms with van der Waals surface area (Å²) < 4.78 is 0. The minimum absolute atomic E-state index is 0.764. The second-order valence-corrected chi connectivity index (χ2v) is 3.79. The van der Waals surface area contributed by atoms with E-state index in [1.165, 1.54) is 24.8 Å². The fraction of sp³-hybridized carbons (Fsp3) is 0.400. The Morgan fingerprint density at radius 3 is 2.56 bits per heavy atom. The van der Waals surface area contributed by atoms with E-state index in [0.29, 0.717) is 0 Å². The first-order valence-corrected chi connectivity index (χ1v) is 6.12. The number of carbonyl (C=O) groups is 1. The Morgan fingerprint density at radius 1 is 1.25 bits per heavy atom. The van der Waals surface area contributed by atoms with Gasteiger partial charge in [-0.2, -0.15) is 0 Å². The lowest BCUT2D eigenvalue weighted by Crippen LogP contribution is -2.08. The summed E-state index contributed by atoms with van der Waals surface area (Å²) in [6, 6.07) is 8.46. The molecule has 0 spiro atoms. The molecule has 0 heterocycles. The highest BCUT2D eigenvalue weighted by Crippen LogP contribution is 2.36. The van der Waals surface area contributed by atoms with Crippen LogP contribution in [0.1, 0.15) is 50.2 Å². The van der Waals surface area contributed by atoms with Gasteiger partial charge < -0.3 is 0 Å². The molecule has 1 heteroatoms. The summed E-state index contributed by atoms with van der Waals surface area (Å²) >= 11 is 0. The fourth-order valence-electron chi connectivity index (χ4n) is 1.81. The maximum absolute atomic E-state index is 10.2. The van der Waals surface area contributed by atoms with E-state index < -0.39 is 0 Å². The third-order valence-corrected chi connectivity index (χ3v) is 2.85. The molecule has 0 aromatic heterocycles.